The summed E-state index contributed by atoms with van der Waals surface area (Å²) in [5, 5.41) is 7.52. The Morgan fingerprint density at radius 2 is 2.06 bits per heavy atom. The van der Waals surface area contributed by atoms with Crippen molar-refractivity contribution >= 4 is 0 Å². The number of rotatable bonds is 9. The van der Waals surface area contributed by atoms with Gasteiger partial charge >= 0.3 is 0 Å². The maximum atomic E-state index is 5.54. The van der Waals surface area contributed by atoms with Crippen LogP contribution in [0.25, 0.3) is 0 Å². The fraction of sp³-hybridized carbons (Fsp3) is 0.846. The third-order valence-electron chi connectivity index (χ3n) is 2.68. The van der Waals surface area contributed by atoms with E-state index in [1.165, 1.54) is 0 Å². The molecule has 0 saturated heterocycles. The van der Waals surface area contributed by atoms with Gasteiger partial charge in [-0.3, -0.25) is 0 Å². The molecule has 18 heavy (non-hydrogen) atoms. The Kier molecular flexibility index (Phi) is 6.90. The van der Waals surface area contributed by atoms with Gasteiger partial charge < -0.3 is 10.1 Å². The van der Waals surface area contributed by atoms with E-state index in [0.717, 1.165) is 38.5 Å². The fourth-order valence-electron chi connectivity index (χ4n) is 1.60. The number of hydrogen-bond acceptors (Lipinski definition) is 4. The molecule has 0 spiro atoms. The SMILES string of the molecule is CC(C)CCOCCNCc1ncnn1C(C)C. The summed E-state index contributed by atoms with van der Waals surface area (Å²) in [6.07, 6.45) is 2.73. The van der Waals surface area contributed by atoms with Crippen LogP contribution < -0.4 is 5.32 Å². The molecule has 1 heterocycles. The number of aromatic nitrogens is 3. The maximum Gasteiger partial charge on any atom is 0.141 e. The average molecular weight is 254 g/mol. The van der Waals surface area contributed by atoms with Crippen LogP contribution in [0, 0.1) is 5.92 Å². The van der Waals surface area contributed by atoms with E-state index in [0.29, 0.717) is 12.0 Å². The Bertz CT molecular complexity index is 323. The summed E-state index contributed by atoms with van der Waals surface area (Å²) in [7, 11) is 0. The lowest BCUT2D eigenvalue weighted by Gasteiger charge is -2.10. The molecule has 5 heteroatoms. The lowest BCUT2D eigenvalue weighted by atomic mass is 10.1. The molecular weight excluding hydrogens is 228 g/mol. The van der Waals surface area contributed by atoms with Crippen LogP contribution in [-0.2, 0) is 11.3 Å². The van der Waals surface area contributed by atoms with Gasteiger partial charge in [-0.2, -0.15) is 5.10 Å². The first-order valence-corrected chi connectivity index (χ1v) is 6.78. The largest absolute Gasteiger partial charge is 0.380 e. The first-order valence-electron chi connectivity index (χ1n) is 6.78. The Balaban J connectivity index is 2.09. The van der Waals surface area contributed by atoms with Crippen LogP contribution >= 0.6 is 0 Å². The van der Waals surface area contributed by atoms with Crippen molar-refractivity contribution in [3.8, 4) is 0 Å². The van der Waals surface area contributed by atoms with Gasteiger partial charge in [0.2, 0.25) is 0 Å². The Morgan fingerprint density at radius 1 is 1.28 bits per heavy atom. The van der Waals surface area contributed by atoms with E-state index in [-0.39, 0.29) is 0 Å². The normalized spacial score (nSPS) is 11.7. The molecular formula is C13H26N4O. The monoisotopic (exact) mass is 254 g/mol. The van der Waals surface area contributed by atoms with Crippen LogP contribution in [0.2, 0.25) is 0 Å². The number of hydrogen-bond donors (Lipinski definition) is 1. The van der Waals surface area contributed by atoms with Gasteiger partial charge in [-0.05, 0) is 26.2 Å². The number of nitrogens with zero attached hydrogens (tertiary/aromatic N) is 3. The minimum atomic E-state index is 0.353. The third kappa shape index (κ3) is 5.60. The second-order valence-electron chi connectivity index (χ2n) is 5.19. The zero-order chi connectivity index (χ0) is 13.4. The van der Waals surface area contributed by atoms with Gasteiger partial charge in [0, 0.05) is 19.2 Å². The summed E-state index contributed by atoms with van der Waals surface area (Å²) in [4.78, 5) is 4.24. The van der Waals surface area contributed by atoms with E-state index in [2.05, 4.69) is 43.1 Å². The fourth-order valence-corrected chi connectivity index (χ4v) is 1.60. The van der Waals surface area contributed by atoms with Crippen molar-refractivity contribution in [3.05, 3.63) is 12.2 Å². The lowest BCUT2D eigenvalue weighted by molar-refractivity contribution is 0.125. The molecule has 1 aromatic heterocycles. The highest BCUT2D eigenvalue weighted by Crippen LogP contribution is 2.04. The summed E-state index contributed by atoms with van der Waals surface area (Å²) in [5.74, 6) is 1.69. The Hall–Kier alpha value is -0.940. The molecule has 1 aromatic rings. The van der Waals surface area contributed by atoms with E-state index >= 15 is 0 Å². The molecule has 0 fully saturated rings. The van der Waals surface area contributed by atoms with E-state index in [9.17, 15) is 0 Å². The van der Waals surface area contributed by atoms with E-state index in [1.54, 1.807) is 6.33 Å². The van der Waals surface area contributed by atoms with Crippen LogP contribution in [0.3, 0.4) is 0 Å². The molecule has 5 nitrogen and oxygen atoms in total. The molecule has 0 unspecified atom stereocenters. The van der Waals surface area contributed by atoms with Gasteiger partial charge in [0.1, 0.15) is 12.2 Å². The molecule has 1 N–H and O–H groups in total. The van der Waals surface area contributed by atoms with Crippen molar-refractivity contribution in [1.82, 2.24) is 20.1 Å². The van der Waals surface area contributed by atoms with Gasteiger partial charge in [0.25, 0.3) is 0 Å². The standard InChI is InChI=1S/C13H26N4O/c1-11(2)5-7-18-8-6-14-9-13-15-10-16-17(13)12(3)4/h10-12,14H,5-9H2,1-4H3. The second-order valence-corrected chi connectivity index (χ2v) is 5.19. The smallest absolute Gasteiger partial charge is 0.141 e. The zero-order valence-electron chi connectivity index (χ0n) is 12.0. The summed E-state index contributed by atoms with van der Waals surface area (Å²) in [5.41, 5.74) is 0. The van der Waals surface area contributed by atoms with Gasteiger partial charge in [0.05, 0.1) is 13.2 Å². The van der Waals surface area contributed by atoms with Crippen molar-refractivity contribution < 1.29 is 4.74 Å². The Morgan fingerprint density at radius 3 is 2.72 bits per heavy atom. The van der Waals surface area contributed by atoms with Crippen molar-refractivity contribution in [2.45, 2.75) is 46.7 Å². The topological polar surface area (TPSA) is 52.0 Å². The molecule has 0 atom stereocenters. The zero-order valence-corrected chi connectivity index (χ0v) is 12.0. The summed E-state index contributed by atoms with van der Waals surface area (Å²) >= 11 is 0. The predicted octanol–water partition coefficient (Wildman–Crippen LogP) is 2.01. The molecule has 0 saturated carbocycles. The van der Waals surface area contributed by atoms with Crippen molar-refractivity contribution in [3.63, 3.8) is 0 Å². The van der Waals surface area contributed by atoms with Crippen molar-refractivity contribution in [2.24, 2.45) is 5.92 Å². The minimum Gasteiger partial charge on any atom is -0.380 e. The number of ether oxygens (including phenoxy) is 1. The van der Waals surface area contributed by atoms with Gasteiger partial charge in [-0.1, -0.05) is 13.8 Å². The second kappa shape index (κ2) is 8.21. The molecule has 0 aliphatic rings. The lowest BCUT2D eigenvalue weighted by Crippen LogP contribution is -2.22. The highest BCUT2D eigenvalue weighted by atomic mass is 16.5. The van der Waals surface area contributed by atoms with Gasteiger partial charge in [-0.25, -0.2) is 9.67 Å². The molecule has 0 aliphatic carbocycles. The van der Waals surface area contributed by atoms with Crippen LogP contribution in [0.15, 0.2) is 6.33 Å². The minimum absolute atomic E-state index is 0.353. The quantitative estimate of drug-likeness (QED) is 0.685. The molecule has 104 valence electrons. The maximum absolute atomic E-state index is 5.54. The highest BCUT2D eigenvalue weighted by molar-refractivity contribution is 4.85. The van der Waals surface area contributed by atoms with Crippen LogP contribution in [0.4, 0.5) is 0 Å². The molecule has 0 amide bonds. The summed E-state index contributed by atoms with van der Waals surface area (Å²) in [6.45, 7) is 11.8. The molecule has 0 aliphatic heterocycles. The molecule has 0 radical (unpaired) electrons. The van der Waals surface area contributed by atoms with Crippen LogP contribution in [-0.4, -0.2) is 34.5 Å². The number of nitrogens with one attached hydrogen (secondary N) is 1. The summed E-state index contributed by atoms with van der Waals surface area (Å²) < 4.78 is 7.47. The first kappa shape index (κ1) is 15.1. The van der Waals surface area contributed by atoms with Crippen LogP contribution in [0.1, 0.15) is 46.0 Å². The van der Waals surface area contributed by atoms with Crippen molar-refractivity contribution in [2.75, 3.05) is 19.8 Å². The Labute approximate surface area is 110 Å². The predicted molar refractivity (Wildman–Crippen MR) is 72.4 cm³/mol. The van der Waals surface area contributed by atoms with Gasteiger partial charge in [-0.15, -0.1) is 0 Å². The molecule has 0 bridgehead atoms. The molecule has 0 aromatic carbocycles. The molecule has 1 rings (SSSR count). The summed E-state index contributed by atoms with van der Waals surface area (Å²) in [6, 6.07) is 0.353. The van der Waals surface area contributed by atoms with E-state index in [1.807, 2.05) is 4.68 Å². The van der Waals surface area contributed by atoms with Crippen LogP contribution in [0.5, 0.6) is 0 Å². The average Bonchev–Trinajstić information content (AvgIpc) is 2.75. The first-order chi connectivity index (χ1) is 8.61. The third-order valence-corrected chi connectivity index (χ3v) is 2.68. The van der Waals surface area contributed by atoms with E-state index < -0.39 is 0 Å². The van der Waals surface area contributed by atoms with Crippen molar-refractivity contribution in [1.29, 1.82) is 0 Å². The highest BCUT2D eigenvalue weighted by Gasteiger charge is 2.06. The van der Waals surface area contributed by atoms with Gasteiger partial charge in [0.15, 0.2) is 0 Å². The van der Waals surface area contributed by atoms with E-state index in [4.69, 9.17) is 4.74 Å².